The number of fused-ring (bicyclic) bond motifs is 1. The van der Waals surface area contributed by atoms with E-state index in [2.05, 4.69) is 10.3 Å². The second-order valence-corrected chi connectivity index (χ2v) is 6.64. The average molecular weight is 380 g/mol. The van der Waals surface area contributed by atoms with Crippen LogP contribution in [0.2, 0.25) is 0 Å². The summed E-state index contributed by atoms with van der Waals surface area (Å²) in [6.45, 7) is 3.68. The Hall–Kier alpha value is -3.28. The van der Waals surface area contributed by atoms with Crippen molar-refractivity contribution in [2.45, 2.75) is 26.4 Å². The first-order chi connectivity index (χ1) is 13.5. The summed E-state index contributed by atoms with van der Waals surface area (Å²) in [6.07, 6.45) is 1.85. The van der Waals surface area contributed by atoms with E-state index in [1.54, 1.807) is 13.0 Å². The largest absolute Gasteiger partial charge is 0.479 e. The Labute approximate surface area is 163 Å². The molecule has 0 bridgehead atoms. The lowest BCUT2D eigenvalue weighted by molar-refractivity contribution is -0.154. The summed E-state index contributed by atoms with van der Waals surface area (Å²) in [5.41, 5.74) is 3.24. The quantitative estimate of drug-likeness (QED) is 0.589. The minimum Gasteiger partial charge on any atom is -0.479 e. The molecule has 0 radical (unpaired) electrons. The van der Waals surface area contributed by atoms with E-state index < -0.39 is 12.1 Å². The van der Waals surface area contributed by atoms with Gasteiger partial charge >= 0.3 is 5.97 Å². The number of aryl methyl sites for hydroxylation is 1. The van der Waals surface area contributed by atoms with E-state index in [1.165, 1.54) is 0 Å². The van der Waals surface area contributed by atoms with Crippen molar-refractivity contribution in [3.63, 3.8) is 0 Å². The highest BCUT2D eigenvalue weighted by molar-refractivity contribution is 5.83. The second-order valence-electron chi connectivity index (χ2n) is 6.64. The molecule has 0 fully saturated rings. The summed E-state index contributed by atoms with van der Waals surface area (Å²) in [7, 11) is 0. The molecule has 6 heteroatoms. The first-order valence-corrected chi connectivity index (χ1v) is 9.24. The van der Waals surface area contributed by atoms with Crippen molar-refractivity contribution >= 4 is 22.8 Å². The van der Waals surface area contributed by atoms with E-state index in [9.17, 15) is 9.59 Å². The Balaban J connectivity index is 1.39. The van der Waals surface area contributed by atoms with Gasteiger partial charge in [0.05, 0.1) is 0 Å². The third-order valence-corrected chi connectivity index (χ3v) is 4.37. The number of benzene rings is 2. The van der Waals surface area contributed by atoms with Gasteiger partial charge in [-0.2, -0.15) is 0 Å². The molecule has 0 unspecified atom stereocenters. The molecule has 1 atom stereocenters. The van der Waals surface area contributed by atoms with Gasteiger partial charge < -0.3 is 19.8 Å². The van der Waals surface area contributed by atoms with Crippen LogP contribution in [0.15, 0.2) is 54.7 Å². The lowest BCUT2D eigenvalue weighted by atomic mass is 10.1. The number of ether oxygens (including phenoxy) is 2. The zero-order chi connectivity index (χ0) is 19.9. The van der Waals surface area contributed by atoms with Gasteiger partial charge in [-0.25, -0.2) is 4.79 Å². The molecular formula is C22H24N2O4. The number of esters is 1. The first kappa shape index (κ1) is 19.5. The van der Waals surface area contributed by atoms with Crippen LogP contribution < -0.4 is 10.1 Å². The summed E-state index contributed by atoms with van der Waals surface area (Å²) < 4.78 is 10.6. The fraction of sp³-hybridized carbons (Fsp3) is 0.273. The zero-order valence-electron chi connectivity index (χ0n) is 16.0. The van der Waals surface area contributed by atoms with Gasteiger partial charge in [0.15, 0.2) is 12.7 Å². The summed E-state index contributed by atoms with van der Waals surface area (Å²) in [6, 6.07) is 15.4. The van der Waals surface area contributed by atoms with Crippen molar-refractivity contribution < 1.29 is 19.1 Å². The van der Waals surface area contributed by atoms with Crippen LogP contribution in [0.25, 0.3) is 10.9 Å². The highest BCUT2D eigenvalue weighted by Gasteiger charge is 2.17. The van der Waals surface area contributed by atoms with Gasteiger partial charge in [0.25, 0.3) is 5.91 Å². The number of rotatable bonds is 8. The molecule has 1 aromatic heterocycles. The molecule has 0 aliphatic rings. The fourth-order valence-electron chi connectivity index (χ4n) is 2.92. The van der Waals surface area contributed by atoms with E-state index in [0.29, 0.717) is 18.7 Å². The van der Waals surface area contributed by atoms with Gasteiger partial charge in [-0.3, -0.25) is 4.79 Å². The van der Waals surface area contributed by atoms with E-state index in [4.69, 9.17) is 9.47 Å². The highest BCUT2D eigenvalue weighted by atomic mass is 16.6. The number of nitrogens with one attached hydrogen (secondary N) is 2. The third kappa shape index (κ3) is 5.13. The lowest BCUT2D eigenvalue weighted by Gasteiger charge is -2.14. The zero-order valence-corrected chi connectivity index (χ0v) is 16.0. The normalized spacial score (nSPS) is 11.8. The standard InChI is InChI=1S/C22H24N2O4/c1-15-6-5-7-18(12-15)28-16(2)22(26)27-14-21(25)23-11-10-17-13-24-20-9-4-3-8-19(17)20/h3-9,12-13,16,24H,10-11,14H2,1-2H3,(H,23,25)/t16-/m1/s1. The maximum atomic E-state index is 12.0. The van der Waals surface area contributed by atoms with Crippen molar-refractivity contribution in [2.75, 3.05) is 13.2 Å². The molecule has 0 aliphatic carbocycles. The Morgan fingerprint density at radius 1 is 1.14 bits per heavy atom. The first-order valence-electron chi connectivity index (χ1n) is 9.24. The van der Waals surface area contributed by atoms with E-state index in [-0.39, 0.29) is 12.5 Å². The van der Waals surface area contributed by atoms with Gasteiger partial charge in [-0.05, 0) is 49.6 Å². The topological polar surface area (TPSA) is 80.4 Å². The van der Waals surface area contributed by atoms with Crippen LogP contribution in [0.4, 0.5) is 0 Å². The second kappa shape index (κ2) is 9.08. The number of carbonyl (C=O) groups excluding carboxylic acids is 2. The predicted octanol–water partition coefficient (Wildman–Crippen LogP) is 3.15. The molecule has 0 aliphatic heterocycles. The number of amides is 1. The SMILES string of the molecule is Cc1cccc(O[C@H](C)C(=O)OCC(=O)NCCc2c[nH]c3ccccc23)c1. The number of H-pyrrole nitrogens is 1. The molecular weight excluding hydrogens is 356 g/mol. The van der Waals surface area contributed by atoms with Crippen LogP contribution in [-0.2, 0) is 20.7 Å². The van der Waals surface area contributed by atoms with Gasteiger partial charge in [-0.15, -0.1) is 0 Å². The summed E-state index contributed by atoms with van der Waals surface area (Å²) >= 11 is 0. The maximum Gasteiger partial charge on any atom is 0.347 e. The Morgan fingerprint density at radius 2 is 1.96 bits per heavy atom. The maximum absolute atomic E-state index is 12.0. The van der Waals surface area contributed by atoms with Crippen LogP contribution in [0, 0.1) is 6.92 Å². The van der Waals surface area contributed by atoms with Crippen LogP contribution in [0.5, 0.6) is 5.75 Å². The Kier molecular flexibility index (Phi) is 6.32. The van der Waals surface area contributed by atoms with Gasteiger partial charge in [0, 0.05) is 23.6 Å². The summed E-state index contributed by atoms with van der Waals surface area (Å²) in [4.78, 5) is 27.1. The van der Waals surface area contributed by atoms with E-state index >= 15 is 0 Å². The number of hydrogen-bond donors (Lipinski definition) is 2. The molecule has 28 heavy (non-hydrogen) atoms. The van der Waals surface area contributed by atoms with Crippen LogP contribution >= 0.6 is 0 Å². The van der Waals surface area contributed by atoms with Crippen LogP contribution in [-0.4, -0.2) is 36.1 Å². The van der Waals surface area contributed by atoms with Crippen molar-refractivity contribution in [3.05, 3.63) is 65.9 Å². The minimum atomic E-state index is -0.791. The van der Waals surface area contributed by atoms with E-state index in [0.717, 1.165) is 22.0 Å². The number of carbonyl (C=O) groups is 2. The number of aromatic nitrogens is 1. The number of aromatic amines is 1. The van der Waals surface area contributed by atoms with E-state index in [1.807, 2.05) is 55.6 Å². The Morgan fingerprint density at radius 3 is 2.79 bits per heavy atom. The summed E-state index contributed by atoms with van der Waals surface area (Å²) in [5, 5.41) is 3.91. The van der Waals surface area contributed by atoms with Crippen LogP contribution in [0.1, 0.15) is 18.1 Å². The summed E-state index contributed by atoms with van der Waals surface area (Å²) in [5.74, 6) is -0.322. The molecule has 6 nitrogen and oxygen atoms in total. The highest BCUT2D eigenvalue weighted by Crippen LogP contribution is 2.17. The van der Waals surface area contributed by atoms with Gasteiger partial charge in [0.1, 0.15) is 5.75 Å². The number of hydrogen-bond acceptors (Lipinski definition) is 4. The molecule has 2 aromatic carbocycles. The van der Waals surface area contributed by atoms with Crippen molar-refractivity contribution in [3.8, 4) is 5.75 Å². The number of para-hydroxylation sites is 1. The van der Waals surface area contributed by atoms with Crippen molar-refractivity contribution in [1.82, 2.24) is 10.3 Å². The molecule has 0 saturated carbocycles. The van der Waals surface area contributed by atoms with Gasteiger partial charge in [0.2, 0.25) is 0 Å². The molecule has 1 amide bonds. The molecule has 3 rings (SSSR count). The molecule has 0 saturated heterocycles. The Bertz CT molecular complexity index is 964. The van der Waals surface area contributed by atoms with Crippen LogP contribution in [0.3, 0.4) is 0 Å². The lowest BCUT2D eigenvalue weighted by Crippen LogP contribution is -2.33. The fourth-order valence-corrected chi connectivity index (χ4v) is 2.92. The smallest absolute Gasteiger partial charge is 0.347 e. The molecule has 2 N–H and O–H groups in total. The third-order valence-electron chi connectivity index (χ3n) is 4.37. The monoisotopic (exact) mass is 380 g/mol. The van der Waals surface area contributed by atoms with Crippen molar-refractivity contribution in [2.24, 2.45) is 0 Å². The molecule has 146 valence electrons. The minimum absolute atomic E-state index is 0.325. The molecule has 0 spiro atoms. The van der Waals surface area contributed by atoms with Gasteiger partial charge in [-0.1, -0.05) is 30.3 Å². The van der Waals surface area contributed by atoms with Crippen molar-refractivity contribution in [1.29, 1.82) is 0 Å². The molecule has 1 heterocycles. The average Bonchev–Trinajstić information content (AvgIpc) is 3.09. The molecule has 3 aromatic rings. The predicted molar refractivity (Wildman–Crippen MR) is 107 cm³/mol.